The number of nitrogens with zero attached hydrogens (tertiary/aromatic N) is 2. The first kappa shape index (κ1) is 25.5. The van der Waals surface area contributed by atoms with Gasteiger partial charge in [-0.15, -0.1) is 0 Å². The predicted octanol–water partition coefficient (Wildman–Crippen LogP) is 4.50. The molecule has 1 aromatic heterocycles. The Morgan fingerprint density at radius 1 is 0.919 bits per heavy atom. The number of carboxylic acids is 1. The van der Waals surface area contributed by atoms with Gasteiger partial charge in [0.25, 0.3) is 0 Å². The van der Waals surface area contributed by atoms with Gasteiger partial charge in [-0.2, -0.15) is 0 Å². The molecular weight excluding hydrogens is 472 g/mol. The molecule has 0 radical (unpaired) electrons. The van der Waals surface area contributed by atoms with E-state index in [1.165, 1.54) is 0 Å². The molecule has 1 heterocycles. The molecule has 8 heteroatoms. The van der Waals surface area contributed by atoms with E-state index in [1.807, 2.05) is 13.8 Å². The molecule has 0 aromatic carbocycles. The SMILES string of the molecule is CC1(C)CC(=O)C(C(CCCn2c(O)c3c(c2O)C2C=CC3C3C=CC23)=NCCCCC(=O)O)C(=O)C1. The molecule has 0 amide bonds. The van der Waals surface area contributed by atoms with Crippen molar-refractivity contribution in [2.75, 3.05) is 6.54 Å². The van der Waals surface area contributed by atoms with E-state index >= 15 is 0 Å². The van der Waals surface area contributed by atoms with Gasteiger partial charge < -0.3 is 15.3 Å². The zero-order valence-corrected chi connectivity index (χ0v) is 21.5. The minimum atomic E-state index is -0.856. The molecule has 1 fully saturated rings. The quantitative estimate of drug-likeness (QED) is 0.185. The lowest BCUT2D eigenvalue weighted by Crippen LogP contribution is -2.42. The number of unbranched alkanes of at least 4 members (excludes halogenated alkanes) is 1. The van der Waals surface area contributed by atoms with Gasteiger partial charge in [0, 0.05) is 61.0 Å². The summed E-state index contributed by atoms with van der Waals surface area (Å²) in [4.78, 5) is 41.4. The van der Waals surface area contributed by atoms with E-state index in [0.717, 1.165) is 11.1 Å². The number of carbonyl (C=O) groups is 3. The summed E-state index contributed by atoms with van der Waals surface area (Å²) in [7, 11) is 0. The largest absolute Gasteiger partial charge is 0.494 e. The molecule has 0 saturated heterocycles. The first-order valence-corrected chi connectivity index (χ1v) is 13.4. The Bertz CT molecular complexity index is 1150. The summed E-state index contributed by atoms with van der Waals surface area (Å²) in [5.74, 6) is -0.839. The lowest BCUT2D eigenvalue weighted by atomic mass is 9.56. The maximum Gasteiger partial charge on any atom is 0.303 e. The summed E-state index contributed by atoms with van der Waals surface area (Å²) in [6.07, 6.45) is 11.3. The Balaban J connectivity index is 1.31. The van der Waals surface area contributed by atoms with Gasteiger partial charge in [0.15, 0.2) is 11.8 Å². The third kappa shape index (κ3) is 4.55. The van der Waals surface area contributed by atoms with Crippen molar-refractivity contribution < 1.29 is 29.7 Å². The van der Waals surface area contributed by atoms with Crippen molar-refractivity contribution in [2.45, 2.75) is 77.2 Å². The highest BCUT2D eigenvalue weighted by atomic mass is 16.4. The van der Waals surface area contributed by atoms with Gasteiger partial charge in [0.1, 0.15) is 17.5 Å². The normalized spacial score (nSPS) is 27.8. The zero-order valence-electron chi connectivity index (χ0n) is 21.5. The molecule has 4 unspecified atom stereocenters. The summed E-state index contributed by atoms with van der Waals surface area (Å²) in [6, 6.07) is 0. The second-order valence-corrected chi connectivity index (χ2v) is 11.8. The van der Waals surface area contributed by atoms with Crippen LogP contribution in [0.1, 0.15) is 81.8 Å². The van der Waals surface area contributed by atoms with Crippen molar-refractivity contribution in [1.29, 1.82) is 0 Å². The van der Waals surface area contributed by atoms with Crippen LogP contribution in [-0.4, -0.2) is 49.7 Å². The van der Waals surface area contributed by atoms with Gasteiger partial charge in [0.2, 0.25) is 0 Å². The zero-order chi connectivity index (χ0) is 26.5. The fourth-order valence-corrected chi connectivity index (χ4v) is 6.77. The van der Waals surface area contributed by atoms with Gasteiger partial charge in [-0.1, -0.05) is 38.2 Å². The molecule has 5 aliphatic carbocycles. The Morgan fingerprint density at radius 3 is 2.00 bits per heavy atom. The fraction of sp³-hybridized carbons (Fsp3) is 0.586. The Hall–Kier alpha value is -3.16. The molecule has 2 bridgehead atoms. The van der Waals surface area contributed by atoms with Crippen molar-refractivity contribution in [3.63, 3.8) is 0 Å². The molecule has 1 saturated carbocycles. The topological polar surface area (TPSA) is 129 Å². The van der Waals surface area contributed by atoms with Gasteiger partial charge in [-0.05, 0) is 42.9 Å². The van der Waals surface area contributed by atoms with Gasteiger partial charge >= 0.3 is 5.97 Å². The summed E-state index contributed by atoms with van der Waals surface area (Å²) >= 11 is 0. The Morgan fingerprint density at radius 2 is 1.49 bits per heavy atom. The van der Waals surface area contributed by atoms with Crippen molar-refractivity contribution in [3.8, 4) is 11.8 Å². The molecule has 6 rings (SSSR count). The number of carboxylic acid groups (broad SMARTS) is 1. The maximum atomic E-state index is 13.0. The number of rotatable bonds is 10. The fourth-order valence-electron chi connectivity index (χ4n) is 6.77. The first-order chi connectivity index (χ1) is 17.6. The number of Topliss-reactive ketones (excluding diaryl/α,β-unsaturated/α-hetero) is 2. The molecule has 198 valence electrons. The van der Waals surface area contributed by atoms with Crippen molar-refractivity contribution >= 4 is 23.2 Å². The van der Waals surface area contributed by atoms with Crippen LogP contribution in [-0.2, 0) is 20.9 Å². The van der Waals surface area contributed by atoms with Crippen LogP contribution in [0.3, 0.4) is 0 Å². The number of aliphatic imine (C=N–C) groups is 1. The van der Waals surface area contributed by atoms with E-state index in [9.17, 15) is 24.6 Å². The summed E-state index contributed by atoms with van der Waals surface area (Å²) in [6.45, 7) is 4.54. The van der Waals surface area contributed by atoms with Crippen molar-refractivity contribution in [1.82, 2.24) is 4.57 Å². The number of carbonyl (C=O) groups excluding carboxylic acids is 2. The van der Waals surface area contributed by atoms with E-state index in [2.05, 4.69) is 29.3 Å². The Labute approximate surface area is 216 Å². The van der Waals surface area contributed by atoms with E-state index < -0.39 is 11.9 Å². The highest BCUT2D eigenvalue weighted by molar-refractivity contribution is 6.22. The van der Waals surface area contributed by atoms with Crippen molar-refractivity contribution in [2.24, 2.45) is 28.2 Å². The van der Waals surface area contributed by atoms with Crippen LogP contribution in [0.25, 0.3) is 0 Å². The van der Waals surface area contributed by atoms with E-state index in [1.54, 1.807) is 4.57 Å². The van der Waals surface area contributed by atoms with Crippen LogP contribution in [0.15, 0.2) is 29.3 Å². The number of aliphatic carboxylic acids is 1. The summed E-state index contributed by atoms with van der Waals surface area (Å²) in [5, 5.41) is 31.0. The lowest BCUT2D eigenvalue weighted by molar-refractivity contribution is -0.138. The van der Waals surface area contributed by atoms with Gasteiger partial charge in [0.05, 0.1) is 0 Å². The number of ketones is 2. The van der Waals surface area contributed by atoms with Gasteiger partial charge in [-0.3, -0.25) is 23.9 Å². The number of hydrogen-bond donors (Lipinski definition) is 3. The monoisotopic (exact) mass is 508 g/mol. The predicted molar refractivity (Wildman–Crippen MR) is 138 cm³/mol. The second kappa shape index (κ2) is 9.62. The number of aromatic hydroxyl groups is 2. The smallest absolute Gasteiger partial charge is 0.303 e. The molecular formula is C29H36N2O6. The molecule has 4 atom stereocenters. The third-order valence-corrected chi connectivity index (χ3v) is 8.52. The number of hydrogen-bond acceptors (Lipinski definition) is 6. The average Bonchev–Trinajstić information content (AvgIpc) is 3.03. The average molecular weight is 509 g/mol. The van der Waals surface area contributed by atoms with Crippen LogP contribution < -0.4 is 0 Å². The van der Waals surface area contributed by atoms with Crippen LogP contribution in [0.4, 0.5) is 0 Å². The molecule has 0 spiro atoms. The molecule has 0 aliphatic heterocycles. The molecule has 37 heavy (non-hydrogen) atoms. The van der Waals surface area contributed by atoms with Crippen LogP contribution in [0, 0.1) is 23.2 Å². The van der Waals surface area contributed by atoms with Crippen molar-refractivity contribution in [3.05, 3.63) is 35.4 Å². The maximum absolute atomic E-state index is 13.0. The van der Waals surface area contributed by atoms with Crippen LogP contribution in [0.2, 0.25) is 0 Å². The van der Waals surface area contributed by atoms with E-state index in [4.69, 9.17) is 5.11 Å². The molecule has 5 aliphatic rings. The standard InChI is InChI=1S/C29H36N2O6/c1-29(2)14-21(32)26(22(33)15-29)20(30-12-4-3-7-23(34)35)6-5-13-31-27(36)24-18-10-11-19(25(24)28(31)37)17-9-8-16(17)18/h8-11,16-19,26,36-37H,3-7,12-15H2,1-2H3,(H,34,35). The molecule has 1 aromatic rings. The van der Waals surface area contributed by atoms with Crippen LogP contribution in [0.5, 0.6) is 11.8 Å². The van der Waals surface area contributed by atoms with Crippen LogP contribution >= 0.6 is 0 Å². The summed E-state index contributed by atoms with van der Waals surface area (Å²) in [5.41, 5.74) is 1.83. The second-order valence-electron chi connectivity index (χ2n) is 11.8. The highest BCUT2D eigenvalue weighted by Gasteiger charge is 2.49. The lowest BCUT2D eigenvalue weighted by Gasteiger charge is -2.47. The Kier molecular flexibility index (Phi) is 6.62. The minimum absolute atomic E-state index is 0.0608. The number of aromatic nitrogens is 1. The van der Waals surface area contributed by atoms with E-state index in [-0.39, 0.29) is 47.0 Å². The van der Waals surface area contributed by atoms with E-state index in [0.29, 0.717) is 69.2 Å². The summed E-state index contributed by atoms with van der Waals surface area (Å²) < 4.78 is 1.56. The highest BCUT2D eigenvalue weighted by Crippen LogP contribution is 2.61. The minimum Gasteiger partial charge on any atom is -0.494 e. The molecule has 3 N–H and O–H groups in total. The van der Waals surface area contributed by atoms with Gasteiger partial charge in [-0.25, -0.2) is 0 Å². The number of allylic oxidation sites excluding steroid dienone is 4. The first-order valence-electron chi connectivity index (χ1n) is 13.4. The molecule has 8 nitrogen and oxygen atoms in total. The third-order valence-electron chi connectivity index (χ3n) is 8.52.